The van der Waals surface area contributed by atoms with Gasteiger partial charge in [-0.1, -0.05) is 18.2 Å². The topological polar surface area (TPSA) is 89.4 Å². The Hall–Kier alpha value is -1.89. The number of nitrogens with two attached hydrogens (primary N) is 2. The molecule has 19 heavy (non-hydrogen) atoms. The van der Waals surface area contributed by atoms with Crippen molar-refractivity contribution in [3.05, 3.63) is 54.6 Å². The van der Waals surface area contributed by atoms with Crippen LogP contribution >= 0.6 is 0 Å². The molecule has 0 spiro atoms. The molecule has 0 bridgehead atoms. The molecule has 5 nitrogen and oxygen atoms in total. The van der Waals surface area contributed by atoms with Crippen molar-refractivity contribution in [1.29, 1.82) is 0 Å². The molecule has 4 N–H and O–H groups in total. The number of rotatable bonds is 4. The largest absolute Gasteiger partial charge is 0.328 e. The lowest BCUT2D eigenvalue weighted by Crippen LogP contribution is -2.24. The maximum absolute atomic E-state index is 11.2. The average molecular weight is 277 g/mol. The highest BCUT2D eigenvalue weighted by molar-refractivity contribution is 7.89. The minimum Gasteiger partial charge on any atom is -0.328 e. The fourth-order valence-corrected chi connectivity index (χ4v) is 2.30. The standard InChI is InChI=1S/C13H15N3O2S/c14-10-16(11-4-2-1-3-5-11)12-6-8-13(9-7-12)19(15,17)18/h1-9H,10,14H2,(H2,15,17,18). The smallest absolute Gasteiger partial charge is 0.238 e. The number of sulfonamides is 1. The third-order valence-corrected chi connectivity index (χ3v) is 3.66. The normalized spacial score (nSPS) is 11.3. The van der Waals surface area contributed by atoms with Gasteiger partial charge in [-0.3, -0.25) is 0 Å². The van der Waals surface area contributed by atoms with Gasteiger partial charge in [-0.15, -0.1) is 0 Å². The lowest BCUT2D eigenvalue weighted by atomic mass is 10.2. The van der Waals surface area contributed by atoms with Gasteiger partial charge >= 0.3 is 0 Å². The quantitative estimate of drug-likeness (QED) is 0.826. The molecule has 100 valence electrons. The molecule has 2 rings (SSSR count). The highest BCUT2D eigenvalue weighted by Gasteiger charge is 2.10. The minimum atomic E-state index is -3.67. The third kappa shape index (κ3) is 3.11. The van der Waals surface area contributed by atoms with Crippen molar-refractivity contribution < 1.29 is 8.42 Å². The first-order valence-corrected chi connectivity index (χ1v) is 7.22. The zero-order chi connectivity index (χ0) is 13.9. The van der Waals surface area contributed by atoms with Gasteiger partial charge in [-0.2, -0.15) is 0 Å². The van der Waals surface area contributed by atoms with Crippen molar-refractivity contribution in [2.24, 2.45) is 10.9 Å². The Morgan fingerprint density at radius 1 is 0.895 bits per heavy atom. The van der Waals surface area contributed by atoms with Crippen LogP contribution in [0.2, 0.25) is 0 Å². The van der Waals surface area contributed by atoms with Gasteiger partial charge in [0.1, 0.15) is 0 Å². The first kappa shape index (κ1) is 13.5. The van der Waals surface area contributed by atoms with Crippen LogP contribution in [0.3, 0.4) is 0 Å². The van der Waals surface area contributed by atoms with E-state index in [1.54, 1.807) is 12.1 Å². The predicted octanol–water partition coefficient (Wildman–Crippen LogP) is 1.39. The maximum Gasteiger partial charge on any atom is 0.238 e. The van der Waals surface area contributed by atoms with E-state index in [0.29, 0.717) is 6.67 Å². The number of hydrogen-bond donors (Lipinski definition) is 2. The monoisotopic (exact) mass is 277 g/mol. The highest BCUT2D eigenvalue weighted by atomic mass is 32.2. The van der Waals surface area contributed by atoms with Crippen molar-refractivity contribution in [2.45, 2.75) is 4.90 Å². The van der Waals surface area contributed by atoms with E-state index in [9.17, 15) is 8.42 Å². The fraction of sp³-hybridized carbons (Fsp3) is 0.0769. The van der Waals surface area contributed by atoms with Crippen LogP contribution in [0.1, 0.15) is 0 Å². The Labute approximate surface area is 112 Å². The zero-order valence-corrected chi connectivity index (χ0v) is 11.0. The van der Waals surface area contributed by atoms with E-state index in [4.69, 9.17) is 10.9 Å². The molecule has 0 aliphatic heterocycles. The van der Waals surface area contributed by atoms with E-state index in [2.05, 4.69) is 0 Å². The Morgan fingerprint density at radius 3 is 1.89 bits per heavy atom. The van der Waals surface area contributed by atoms with Gasteiger partial charge in [0.2, 0.25) is 10.0 Å². The molecule has 0 heterocycles. The summed E-state index contributed by atoms with van der Waals surface area (Å²) in [7, 11) is -3.67. The lowest BCUT2D eigenvalue weighted by Gasteiger charge is -2.23. The second-order valence-electron chi connectivity index (χ2n) is 3.99. The summed E-state index contributed by atoms with van der Waals surface area (Å²) in [6, 6.07) is 15.9. The molecule has 0 saturated heterocycles. The van der Waals surface area contributed by atoms with Crippen molar-refractivity contribution in [2.75, 3.05) is 11.6 Å². The summed E-state index contributed by atoms with van der Waals surface area (Å²) in [5.74, 6) is 0. The SMILES string of the molecule is NCN(c1ccccc1)c1ccc(S(N)(=O)=O)cc1. The fourth-order valence-electron chi connectivity index (χ4n) is 1.78. The Bertz CT molecular complexity index is 639. The van der Waals surface area contributed by atoms with Crippen LogP contribution in [0, 0.1) is 0 Å². The summed E-state index contributed by atoms with van der Waals surface area (Å²) in [4.78, 5) is 1.95. The van der Waals surface area contributed by atoms with Gasteiger partial charge in [0.15, 0.2) is 0 Å². The van der Waals surface area contributed by atoms with Crippen molar-refractivity contribution in [3.63, 3.8) is 0 Å². The molecule has 6 heteroatoms. The van der Waals surface area contributed by atoms with Gasteiger partial charge in [-0.05, 0) is 36.4 Å². The van der Waals surface area contributed by atoms with Crippen LogP contribution in [-0.2, 0) is 10.0 Å². The van der Waals surface area contributed by atoms with E-state index < -0.39 is 10.0 Å². The summed E-state index contributed by atoms with van der Waals surface area (Å²) in [6.45, 7) is 0.290. The van der Waals surface area contributed by atoms with Gasteiger partial charge in [0.05, 0.1) is 11.6 Å². The molecule has 0 atom stereocenters. The molecule has 2 aromatic rings. The molecule has 0 aliphatic carbocycles. The van der Waals surface area contributed by atoms with Crippen LogP contribution in [-0.4, -0.2) is 15.1 Å². The van der Waals surface area contributed by atoms with Crippen LogP contribution in [0.5, 0.6) is 0 Å². The predicted molar refractivity (Wildman–Crippen MR) is 75.5 cm³/mol. The Kier molecular flexibility index (Phi) is 3.84. The van der Waals surface area contributed by atoms with Crippen LogP contribution < -0.4 is 15.8 Å². The van der Waals surface area contributed by atoms with Gasteiger partial charge in [0, 0.05) is 11.4 Å². The summed E-state index contributed by atoms with van der Waals surface area (Å²) < 4.78 is 22.4. The van der Waals surface area contributed by atoms with Gasteiger partial charge in [0.25, 0.3) is 0 Å². The van der Waals surface area contributed by atoms with Gasteiger partial charge < -0.3 is 10.6 Å². The Balaban J connectivity index is 2.35. The van der Waals surface area contributed by atoms with Gasteiger partial charge in [-0.25, -0.2) is 13.6 Å². The number of benzene rings is 2. The molecule has 0 amide bonds. The second-order valence-corrected chi connectivity index (χ2v) is 5.55. The molecule has 0 saturated carbocycles. The van der Waals surface area contributed by atoms with E-state index in [-0.39, 0.29) is 4.90 Å². The van der Waals surface area contributed by atoms with Crippen molar-refractivity contribution >= 4 is 21.4 Å². The number of hydrogen-bond acceptors (Lipinski definition) is 4. The molecule has 0 aliphatic rings. The molecule has 0 unspecified atom stereocenters. The highest BCUT2D eigenvalue weighted by Crippen LogP contribution is 2.24. The number of anilines is 2. The first-order valence-electron chi connectivity index (χ1n) is 5.68. The van der Waals surface area contributed by atoms with E-state index in [1.807, 2.05) is 35.2 Å². The van der Waals surface area contributed by atoms with E-state index in [1.165, 1.54) is 12.1 Å². The molecular formula is C13H15N3O2S. The van der Waals surface area contributed by atoms with Crippen LogP contribution in [0.25, 0.3) is 0 Å². The molecule has 0 radical (unpaired) electrons. The second kappa shape index (κ2) is 5.40. The maximum atomic E-state index is 11.2. The number of nitrogens with zero attached hydrogens (tertiary/aromatic N) is 1. The zero-order valence-electron chi connectivity index (χ0n) is 10.2. The molecular weight excluding hydrogens is 262 g/mol. The summed E-state index contributed by atoms with van der Waals surface area (Å²) in [5, 5.41) is 5.06. The minimum absolute atomic E-state index is 0.0845. The molecule has 0 fully saturated rings. The van der Waals surface area contributed by atoms with Crippen molar-refractivity contribution in [1.82, 2.24) is 0 Å². The Morgan fingerprint density at radius 2 is 1.42 bits per heavy atom. The molecule has 2 aromatic carbocycles. The van der Waals surface area contributed by atoms with Crippen LogP contribution in [0.4, 0.5) is 11.4 Å². The summed E-state index contributed by atoms with van der Waals surface area (Å²) >= 11 is 0. The summed E-state index contributed by atoms with van der Waals surface area (Å²) in [6.07, 6.45) is 0. The molecule has 0 aromatic heterocycles. The lowest BCUT2D eigenvalue weighted by molar-refractivity contribution is 0.598. The van der Waals surface area contributed by atoms with Crippen LogP contribution in [0.15, 0.2) is 59.5 Å². The third-order valence-electron chi connectivity index (χ3n) is 2.73. The summed E-state index contributed by atoms with van der Waals surface area (Å²) in [5.41, 5.74) is 7.49. The number of para-hydroxylation sites is 1. The average Bonchev–Trinajstić information content (AvgIpc) is 2.40. The van der Waals surface area contributed by atoms with Crippen molar-refractivity contribution in [3.8, 4) is 0 Å². The van der Waals surface area contributed by atoms with E-state index in [0.717, 1.165) is 11.4 Å². The van der Waals surface area contributed by atoms with E-state index >= 15 is 0 Å². The first-order chi connectivity index (χ1) is 9.02. The number of primary sulfonamides is 1.